The van der Waals surface area contributed by atoms with Gasteiger partial charge < -0.3 is 14.7 Å². The van der Waals surface area contributed by atoms with Gasteiger partial charge >= 0.3 is 0 Å². The van der Waals surface area contributed by atoms with Gasteiger partial charge in [-0.2, -0.15) is 0 Å². The maximum atomic E-state index is 13.6. The maximum Gasteiger partial charge on any atom is 0.254 e. The van der Waals surface area contributed by atoms with Gasteiger partial charge in [-0.3, -0.25) is 9.59 Å². The van der Waals surface area contributed by atoms with Crippen molar-refractivity contribution in [3.63, 3.8) is 0 Å². The molecule has 1 atom stereocenters. The lowest BCUT2D eigenvalue weighted by Crippen LogP contribution is -2.52. The zero-order valence-corrected chi connectivity index (χ0v) is 22.4. The Morgan fingerprint density at radius 2 is 1.44 bits per heavy atom. The lowest BCUT2D eigenvalue weighted by atomic mass is 10.0. The highest BCUT2D eigenvalue weighted by atomic mass is 16.2. The highest BCUT2D eigenvalue weighted by Crippen LogP contribution is 2.24. The molecule has 0 spiro atoms. The minimum atomic E-state index is -0.247. The largest absolute Gasteiger partial charge is 0.352 e. The lowest BCUT2D eigenvalue weighted by molar-refractivity contribution is -0.132. The standard InChI is InChI=1S/C32H33N5O2/c1-24-13-15-28(16-14-24)32(39)37(25(2)26-9-5-3-6-10-26)23-31(38)36-21-19-35(20-22-36)30-18-17-29(33-34-30)27-11-7-4-8-12-27/h3-18,25H,19-23H2,1-2H3/t25-/m0/s1. The summed E-state index contributed by atoms with van der Waals surface area (Å²) in [5, 5.41) is 8.84. The van der Waals surface area contributed by atoms with Gasteiger partial charge in [0.2, 0.25) is 5.91 Å². The Balaban J connectivity index is 1.25. The van der Waals surface area contributed by atoms with Gasteiger partial charge in [-0.05, 0) is 43.7 Å². The molecule has 2 amide bonds. The highest BCUT2D eigenvalue weighted by Gasteiger charge is 2.29. The summed E-state index contributed by atoms with van der Waals surface area (Å²) in [6, 6.07) is 31.0. The summed E-state index contributed by atoms with van der Waals surface area (Å²) < 4.78 is 0. The van der Waals surface area contributed by atoms with Crippen LogP contribution in [0.5, 0.6) is 0 Å². The first-order valence-corrected chi connectivity index (χ1v) is 13.3. The first-order chi connectivity index (χ1) is 19.0. The Morgan fingerprint density at radius 1 is 0.795 bits per heavy atom. The summed E-state index contributed by atoms with van der Waals surface area (Å²) in [5.74, 6) is 0.603. The number of piperazine rings is 1. The molecular weight excluding hydrogens is 486 g/mol. The molecular formula is C32H33N5O2. The van der Waals surface area contributed by atoms with Crippen molar-refractivity contribution in [2.24, 2.45) is 0 Å². The van der Waals surface area contributed by atoms with Crippen LogP contribution in [0.4, 0.5) is 5.82 Å². The Bertz CT molecular complexity index is 1380. The zero-order chi connectivity index (χ0) is 27.2. The third-order valence-corrected chi connectivity index (χ3v) is 7.29. The molecule has 0 aliphatic carbocycles. The highest BCUT2D eigenvalue weighted by molar-refractivity contribution is 5.97. The van der Waals surface area contributed by atoms with E-state index in [4.69, 9.17) is 0 Å². The van der Waals surface area contributed by atoms with Crippen LogP contribution in [0.2, 0.25) is 0 Å². The second-order valence-electron chi connectivity index (χ2n) is 9.90. The molecule has 0 radical (unpaired) electrons. The summed E-state index contributed by atoms with van der Waals surface area (Å²) in [7, 11) is 0. The second kappa shape index (κ2) is 11.9. The zero-order valence-electron chi connectivity index (χ0n) is 22.4. The van der Waals surface area contributed by atoms with Gasteiger partial charge in [0, 0.05) is 37.3 Å². The number of nitrogens with zero attached hydrogens (tertiary/aromatic N) is 5. The minimum Gasteiger partial charge on any atom is -0.352 e. The van der Waals surface area contributed by atoms with Gasteiger partial charge in [0.25, 0.3) is 5.91 Å². The van der Waals surface area contributed by atoms with E-state index in [0.717, 1.165) is 28.2 Å². The number of rotatable bonds is 7. The van der Waals surface area contributed by atoms with Gasteiger partial charge in [0.1, 0.15) is 6.54 Å². The Morgan fingerprint density at radius 3 is 2.05 bits per heavy atom. The van der Waals surface area contributed by atoms with E-state index in [1.165, 1.54) is 0 Å². The molecule has 5 rings (SSSR count). The average Bonchev–Trinajstić information content (AvgIpc) is 3.00. The van der Waals surface area contributed by atoms with E-state index in [9.17, 15) is 9.59 Å². The van der Waals surface area contributed by atoms with Crippen LogP contribution in [0.3, 0.4) is 0 Å². The molecule has 0 saturated carbocycles. The summed E-state index contributed by atoms with van der Waals surface area (Å²) in [6.45, 7) is 6.43. The van der Waals surface area contributed by atoms with Crippen molar-refractivity contribution in [1.82, 2.24) is 20.0 Å². The molecule has 7 nitrogen and oxygen atoms in total. The van der Waals surface area contributed by atoms with E-state index in [0.29, 0.717) is 31.7 Å². The van der Waals surface area contributed by atoms with Crippen molar-refractivity contribution >= 4 is 17.6 Å². The number of aromatic nitrogens is 2. The van der Waals surface area contributed by atoms with Crippen molar-refractivity contribution in [3.8, 4) is 11.3 Å². The predicted molar refractivity (Wildman–Crippen MR) is 153 cm³/mol. The van der Waals surface area contributed by atoms with E-state index in [-0.39, 0.29) is 24.4 Å². The summed E-state index contributed by atoms with van der Waals surface area (Å²) in [5.41, 5.74) is 4.52. The van der Waals surface area contributed by atoms with E-state index in [1.54, 1.807) is 4.90 Å². The van der Waals surface area contributed by atoms with Crippen LogP contribution in [-0.2, 0) is 4.79 Å². The molecule has 3 aromatic carbocycles. The van der Waals surface area contributed by atoms with Crippen LogP contribution < -0.4 is 4.90 Å². The van der Waals surface area contributed by atoms with Crippen LogP contribution in [-0.4, -0.2) is 64.5 Å². The lowest BCUT2D eigenvalue weighted by Gasteiger charge is -2.37. The fourth-order valence-electron chi connectivity index (χ4n) is 4.85. The van der Waals surface area contributed by atoms with Crippen LogP contribution in [0, 0.1) is 6.92 Å². The van der Waals surface area contributed by atoms with Crippen molar-refractivity contribution in [3.05, 3.63) is 114 Å². The number of carbonyl (C=O) groups is 2. The smallest absolute Gasteiger partial charge is 0.254 e. The third-order valence-electron chi connectivity index (χ3n) is 7.29. The van der Waals surface area contributed by atoms with Crippen molar-refractivity contribution in [2.75, 3.05) is 37.6 Å². The number of hydrogen-bond acceptors (Lipinski definition) is 5. The predicted octanol–water partition coefficient (Wildman–Crippen LogP) is 5.00. The molecule has 1 aliphatic rings. The first-order valence-electron chi connectivity index (χ1n) is 13.3. The third kappa shape index (κ3) is 6.14. The Kier molecular flexibility index (Phi) is 7.96. The molecule has 0 N–H and O–H groups in total. The summed E-state index contributed by atoms with van der Waals surface area (Å²) in [6.07, 6.45) is 0. The quantitative estimate of drug-likeness (QED) is 0.344. The number of amides is 2. The van der Waals surface area contributed by atoms with Crippen molar-refractivity contribution in [1.29, 1.82) is 0 Å². The molecule has 2 heterocycles. The molecule has 4 aromatic rings. The Hall–Kier alpha value is -4.52. The van der Waals surface area contributed by atoms with Crippen LogP contribution in [0.25, 0.3) is 11.3 Å². The monoisotopic (exact) mass is 519 g/mol. The molecule has 1 aromatic heterocycles. The fraction of sp³-hybridized carbons (Fsp3) is 0.250. The molecule has 0 unspecified atom stereocenters. The van der Waals surface area contributed by atoms with E-state index >= 15 is 0 Å². The first kappa shape index (κ1) is 26.1. The molecule has 0 bridgehead atoms. The van der Waals surface area contributed by atoms with Crippen molar-refractivity contribution < 1.29 is 9.59 Å². The molecule has 198 valence electrons. The van der Waals surface area contributed by atoms with E-state index < -0.39 is 0 Å². The second-order valence-corrected chi connectivity index (χ2v) is 9.90. The van der Waals surface area contributed by atoms with Gasteiger partial charge in [-0.15, -0.1) is 10.2 Å². The van der Waals surface area contributed by atoms with E-state index in [1.807, 2.05) is 116 Å². The van der Waals surface area contributed by atoms with Gasteiger partial charge in [0.05, 0.1) is 11.7 Å². The molecule has 39 heavy (non-hydrogen) atoms. The number of benzene rings is 3. The SMILES string of the molecule is Cc1ccc(C(=O)N(CC(=O)N2CCN(c3ccc(-c4ccccc4)nn3)CC2)[C@@H](C)c2ccccc2)cc1. The van der Waals surface area contributed by atoms with E-state index in [2.05, 4.69) is 15.1 Å². The fourth-order valence-corrected chi connectivity index (χ4v) is 4.85. The van der Waals surface area contributed by atoms with Crippen LogP contribution in [0.15, 0.2) is 97.1 Å². The van der Waals surface area contributed by atoms with Crippen LogP contribution in [0.1, 0.15) is 34.5 Å². The molecule has 1 aliphatic heterocycles. The van der Waals surface area contributed by atoms with Gasteiger partial charge in [-0.25, -0.2) is 0 Å². The number of hydrogen-bond donors (Lipinski definition) is 0. The molecule has 7 heteroatoms. The topological polar surface area (TPSA) is 69.6 Å². The minimum absolute atomic E-state index is 0.0222. The summed E-state index contributed by atoms with van der Waals surface area (Å²) in [4.78, 5) is 32.7. The molecule has 1 saturated heterocycles. The number of carbonyl (C=O) groups excluding carboxylic acids is 2. The number of anilines is 1. The van der Waals surface area contributed by atoms with Gasteiger partial charge in [0.15, 0.2) is 5.82 Å². The number of aryl methyl sites for hydroxylation is 1. The average molecular weight is 520 g/mol. The van der Waals surface area contributed by atoms with Crippen molar-refractivity contribution in [2.45, 2.75) is 19.9 Å². The normalized spacial score (nSPS) is 14.1. The summed E-state index contributed by atoms with van der Waals surface area (Å²) >= 11 is 0. The Labute approximate surface area is 229 Å². The van der Waals surface area contributed by atoms with Gasteiger partial charge in [-0.1, -0.05) is 78.4 Å². The van der Waals surface area contributed by atoms with Crippen LogP contribution >= 0.6 is 0 Å². The molecule has 1 fully saturated rings. The maximum absolute atomic E-state index is 13.6.